The first kappa shape index (κ1) is 13.8. The molecule has 0 saturated heterocycles. The fourth-order valence-corrected chi connectivity index (χ4v) is 3.29. The summed E-state index contributed by atoms with van der Waals surface area (Å²) in [5, 5.41) is 3.43. The Morgan fingerprint density at radius 2 is 1.50 bits per heavy atom. The number of hydrogen-bond acceptors (Lipinski definition) is 3. The summed E-state index contributed by atoms with van der Waals surface area (Å²) in [5.74, 6) is -1.94. The predicted octanol–water partition coefficient (Wildman–Crippen LogP) is 3.28. The minimum atomic E-state index is -4.49. The van der Waals surface area contributed by atoms with Crippen LogP contribution in [0.3, 0.4) is 0 Å². The summed E-state index contributed by atoms with van der Waals surface area (Å²) in [6.07, 6.45) is 4.97. The maximum absolute atomic E-state index is 12.4. The van der Waals surface area contributed by atoms with Crippen LogP contribution in [0.5, 0.6) is 0 Å². The second kappa shape index (κ2) is 4.98. The summed E-state index contributed by atoms with van der Waals surface area (Å²) in [4.78, 5) is -0.326. The van der Waals surface area contributed by atoms with E-state index < -0.39 is 15.6 Å². The normalized spacial score (nSPS) is 19.6. The lowest BCUT2D eigenvalue weighted by molar-refractivity contribution is 0.234. The lowest BCUT2D eigenvalue weighted by Gasteiger charge is -2.19. The largest absolute Gasteiger partial charge is 0.382 e. The van der Waals surface area contributed by atoms with Gasteiger partial charge in [0.15, 0.2) is 0 Å². The molecule has 0 heterocycles. The van der Waals surface area contributed by atoms with Crippen LogP contribution in [0.2, 0.25) is 0 Å². The van der Waals surface area contributed by atoms with E-state index >= 15 is 0 Å². The predicted molar refractivity (Wildman–Crippen MR) is 72.5 cm³/mol. The number of benzene rings is 1. The Morgan fingerprint density at radius 3 is 1.90 bits per heavy atom. The van der Waals surface area contributed by atoms with Crippen LogP contribution in [0.4, 0.5) is 14.5 Å². The molecule has 3 rings (SSSR count). The van der Waals surface area contributed by atoms with Crippen LogP contribution in [-0.2, 0) is 9.84 Å². The van der Waals surface area contributed by atoms with Gasteiger partial charge in [-0.15, -0.1) is 0 Å². The standard InChI is InChI=1S/C14H17F2NO2S/c15-14(16)20(18,19)12-7-5-11(6-8-12)17-13(9-1-2-9)10-3-4-10/h5-10,13-14,17H,1-4H2. The third-order valence-electron chi connectivity index (χ3n) is 4.01. The third kappa shape index (κ3) is 2.80. The van der Waals surface area contributed by atoms with Crippen molar-refractivity contribution in [1.29, 1.82) is 0 Å². The Bertz CT molecular complexity index is 566. The molecule has 0 bridgehead atoms. The second-order valence-corrected chi connectivity index (χ2v) is 7.59. The van der Waals surface area contributed by atoms with E-state index in [-0.39, 0.29) is 4.90 Å². The molecule has 1 aromatic rings. The number of halogens is 2. The van der Waals surface area contributed by atoms with Crippen LogP contribution in [-0.4, -0.2) is 20.2 Å². The molecule has 0 spiro atoms. The molecule has 1 N–H and O–H groups in total. The van der Waals surface area contributed by atoms with Crippen molar-refractivity contribution in [3.8, 4) is 0 Å². The Hall–Kier alpha value is -1.17. The summed E-state index contributed by atoms with van der Waals surface area (Å²) in [6.45, 7) is 0. The molecule has 3 nitrogen and oxygen atoms in total. The summed E-state index contributed by atoms with van der Waals surface area (Å²) < 4.78 is 47.5. The van der Waals surface area contributed by atoms with Gasteiger partial charge in [0.05, 0.1) is 4.90 Å². The number of alkyl halides is 2. The van der Waals surface area contributed by atoms with Crippen LogP contribution in [0.1, 0.15) is 25.7 Å². The van der Waals surface area contributed by atoms with Gasteiger partial charge in [-0.3, -0.25) is 0 Å². The van der Waals surface area contributed by atoms with E-state index in [0.29, 0.717) is 17.9 Å². The lowest BCUT2D eigenvalue weighted by atomic mass is 10.1. The number of hydrogen-bond donors (Lipinski definition) is 1. The highest BCUT2D eigenvalue weighted by Gasteiger charge is 2.41. The molecule has 2 aliphatic carbocycles. The van der Waals surface area contributed by atoms with Crippen LogP contribution in [0.15, 0.2) is 29.2 Å². The molecule has 0 aromatic heterocycles. The van der Waals surface area contributed by atoms with Gasteiger partial charge in [-0.05, 0) is 61.8 Å². The summed E-state index contributed by atoms with van der Waals surface area (Å²) in [5.41, 5.74) is 0.807. The van der Waals surface area contributed by atoms with E-state index in [1.165, 1.54) is 37.8 Å². The first-order chi connectivity index (χ1) is 9.48. The van der Waals surface area contributed by atoms with Crippen molar-refractivity contribution < 1.29 is 17.2 Å². The highest BCUT2D eigenvalue weighted by atomic mass is 32.2. The van der Waals surface area contributed by atoms with Crippen LogP contribution >= 0.6 is 0 Å². The van der Waals surface area contributed by atoms with Gasteiger partial charge in [0, 0.05) is 11.7 Å². The van der Waals surface area contributed by atoms with Gasteiger partial charge in [0.1, 0.15) is 0 Å². The molecule has 0 atom stereocenters. The Labute approximate surface area is 117 Å². The topological polar surface area (TPSA) is 46.2 Å². The number of nitrogens with one attached hydrogen (secondary N) is 1. The number of anilines is 1. The fourth-order valence-electron chi connectivity index (χ4n) is 2.57. The molecule has 6 heteroatoms. The van der Waals surface area contributed by atoms with E-state index in [1.807, 2.05) is 0 Å². The number of sulfone groups is 1. The Kier molecular flexibility index (Phi) is 3.44. The molecular weight excluding hydrogens is 284 g/mol. The van der Waals surface area contributed by atoms with Crippen molar-refractivity contribution in [3.05, 3.63) is 24.3 Å². The highest BCUT2D eigenvalue weighted by molar-refractivity contribution is 7.91. The number of rotatable bonds is 6. The van der Waals surface area contributed by atoms with Crippen LogP contribution < -0.4 is 5.32 Å². The SMILES string of the molecule is O=S(=O)(c1ccc(NC(C2CC2)C2CC2)cc1)C(F)F. The van der Waals surface area contributed by atoms with Crippen molar-refractivity contribution in [2.45, 2.75) is 42.4 Å². The van der Waals surface area contributed by atoms with Crippen LogP contribution in [0, 0.1) is 11.8 Å². The smallest absolute Gasteiger partial charge is 0.341 e. The quantitative estimate of drug-likeness (QED) is 0.877. The zero-order chi connectivity index (χ0) is 14.3. The van der Waals surface area contributed by atoms with Gasteiger partial charge < -0.3 is 5.32 Å². The molecule has 2 aliphatic rings. The average Bonchev–Trinajstić information content (AvgIpc) is 3.29. The van der Waals surface area contributed by atoms with Gasteiger partial charge in [0.25, 0.3) is 0 Å². The average molecular weight is 301 g/mol. The molecular formula is C14H17F2NO2S. The molecule has 20 heavy (non-hydrogen) atoms. The van der Waals surface area contributed by atoms with E-state index in [4.69, 9.17) is 0 Å². The molecule has 0 amide bonds. The third-order valence-corrected chi connectivity index (χ3v) is 5.41. The van der Waals surface area contributed by atoms with Gasteiger partial charge in [-0.25, -0.2) is 8.42 Å². The zero-order valence-corrected chi connectivity index (χ0v) is 11.7. The molecule has 1 aromatic carbocycles. The first-order valence-corrected chi connectivity index (χ1v) is 8.42. The van der Waals surface area contributed by atoms with Crippen molar-refractivity contribution >= 4 is 15.5 Å². The minimum Gasteiger partial charge on any atom is -0.382 e. The second-order valence-electron chi connectivity index (χ2n) is 5.68. The molecule has 2 saturated carbocycles. The Morgan fingerprint density at radius 1 is 1.00 bits per heavy atom. The summed E-state index contributed by atoms with van der Waals surface area (Å²) in [6, 6.07) is 6.11. The minimum absolute atomic E-state index is 0.326. The fraction of sp³-hybridized carbons (Fsp3) is 0.571. The van der Waals surface area contributed by atoms with Gasteiger partial charge in [0.2, 0.25) is 9.84 Å². The molecule has 0 radical (unpaired) electrons. The first-order valence-electron chi connectivity index (χ1n) is 6.87. The summed E-state index contributed by atoms with van der Waals surface area (Å²) in [7, 11) is -4.49. The van der Waals surface area contributed by atoms with Crippen LogP contribution in [0.25, 0.3) is 0 Å². The molecule has 0 unspecified atom stereocenters. The van der Waals surface area contributed by atoms with Crippen molar-refractivity contribution in [1.82, 2.24) is 0 Å². The maximum Gasteiger partial charge on any atom is 0.341 e. The maximum atomic E-state index is 12.4. The van der Waals surface area contributed by atoms with E-state index in [9.17, 15) is 17.2 Å². The van der Waals surface area contributed by atoms with Crippen molar-refractivity contribution in [3.63, 3.8) is 0 Å². The van der Waals surface area contributed by atoms with Gasteiger partial charge in [-0.2, -0.15) is 8.78 Å². The monoisotopic (exact) mass is 301 g/mol. The molecule has 110 valence electrons. The Balaban J connectivity index is 1.72. The van der Waals surface area contributed by atoms with Gasteiger partial charge >= 0.3 is 5.76 Å². The molecule has 0 aliphatic heterocycles. The highest BCUT2D eigenvalue weighted by Crippen LogP contribution is 2.45. The van der Waals surface area contributed by atoms with Crippen molar-refractivity contribution in [2.24, 2.45) is 11.8 Å². The van der Waals surface area contributed by atoms with Gasteiger partial charge in [-0.1, -0.05) is 0 Å². The molecule has 2 fully saturated rings. The van der Waals surface area contributed by atoms with E-state index in [0.717, 1.165) is 5.69 Å². The lowest BCUT2D eigenvalue weighted by Crippen LogP contribution is -2.24. The zero-order valence-electron chi connectivity index (χ0n) is 10.9. The van der Waals surface area contributed by atoms with Crippen molar-refractivity contribution in [2.75, 3.05) is 5.32 Å². The van der Waals surface area contributed by atoms with E-state index in [1.54, 1.807) is 12.1 Å². The van der Waals surface area contributed by atoms with E-state index in [2.05, 4.69) is 5.32 Å². The summed E-state index contributed by atoms with van der Waals surface area (Å²) >= 11 is 0.